The van der Waals surface area contributed by atoms with E-state index in [1.165, 1.54) is 18.3 Å². The third kappa shape index (κ3) is 2.76. The Kier molecular flexibility index (Phi) is 2.78. The summed E-state index contributed by atoms with van der Waals surface area (Å²) in [5, 5.41) is 0. The summed E-state index contributed by atoms with van der Waals surface area (Å²) in [4.78, 5) is 14.2. The molecule has 14 heavy (non-hydrogen) atoms. The Bertz CT molecular complexity index is 353. The van der Waals surface area contributed by atoms with Crippen LogP contribution in [0, 0.1) is 0 Å². The second-order valence-corrected chi connectivity index (χ2v) is 2.79. The van der Waals surface area contributed by atoms with Crippen molar-refractivity contribution in [1.29, 1.82) is 0 Å². The van der Waals surface area contributed by atoms with Gasteiger partial charge in [-0.05, 0) is 11.6 Å². The average molecular weight is 203 g/mol. The summed E-state index contributed by atoms with van der Waals surface area (Å²) in [5.41, 5.74) is 4.38. The van der Waals surface area contributed by atoms with Gasteiger partial charge in [0, 0.05) is 6.20 Å². The fraction of sp³-hybridized carbons (Fsp3) is 0.143. The normalized spacial score (nSPS) is 11.4. The molecule has 1 aromatic heterocycles. The third-order valence-corrected chi connectivity index (χ3v) is 1.58. The predicted octanol–water partition coefficient (Wildman–Crippen LogP) is 1.11. The highest BCUT2D eigenvalue weighted by Gasteiger charge is 2.25. The van der Waals surface area contributed by atoms with Crippen molar-refractivity contribution in [2.24, 2.45) is 5.73 Å². The van der Waals surface area contributed by atoms with Crippen LogP contribution in [0.25, 0.3) is 0 Å². The maximum atomic E-state index is 12.1. The molecule has 7 heteroatoms. The summed E-state index contributed by atoms with van der Waals surface area (Å²) in [6.07, 6.45) is 0.0963. The molecule has 76 valence electrons. The smallest absolute Gasteiger partial charge is 0.449 e. The summed E-state index contributed by atoms with van der Waals surface area (Å²) in [6.45, 7) is -4.98. The Morgan fingerprint density at radius 2 is 2.14 bits per heavy atom. The van der Waals surface area contributed by atoms with Crippen molar-refractivity contribution >= 4 is 12.9 Å². The molecule has 0 aliphatic rings. The SMILES string of the molecule is NC(=O)c1ncccc1C[B-](F)(F)F. The van der Waals surface area contributed by atoms with Crippen molar-refractivity contribution in [3.05, 3.63) is 29.6 Å². The van der Waals surface area contributed by atoms with E-state index in [2.05, 4.69) is 4.98 Å². The number of hydrogen-bond acceptors (Lipinski definition) is 2. The molecule has 0 saturated heterocycles. The average Bonchev–Trinajstić information content (AvgIpc) is 2.01. The molecule has 0 unspecified atom stereocenters. The number of hydrogen-bond donors (Lipinski definition) is 1. The summed E-state index contributed by atoms with van der Waals surface area (Å²) in [5.74, 6) is -0.944. The molecule has 0 aliphatic heterocycles. The number of carbonyl (C=O) groups excluding carboxylic acids is 1. The predicted molar refractivity (Wildman–Crippen MR) is 45.5 cm³/mol. The van der Waals surface area contributed by atoms with Gasteiger partial charge in [-0.3, -0.25) is 9.78 Å². The highest BCUT2D eigenvalue weighted by atomic mass is 19.4. The first-order chi connectivity index (χ1) is 6.40. The van der Waals surface area contributed by atoms with Gasteiger partial charge in [0.05, 0.1) is 0 Å². The van der Waals surface area contributed by atoms with Crippen LogP contribution in [0.15, 0.2) is 18.3 Å². The molecule has 0 spiro atoms. The largest absolute Gasteiger partial charge is 0.482 e. The van der Waals surface area contributed by atoms with Gasteiger partial charge in [0.1, 0.15) is 5.69 Å². The molecule has 0 saturated carbocycles. The number of nitrogens with two attached hydrogens (primary N) is 1. The van der Waals surface area contributed by atoms with E-state index in [0.717, 1.165) is 0 Å². The van der Waals surface area contributed by atoms with Gasteiger partial charge in [-0.25, -0.2) is 0 Å². The molecule has 0 fully saturated rings. The lowest BCUT2D eigenvalue weighted by Gasteiger charge is -2.14. The molecule has 2 N–H and O–H groups in total. The zero-order chi connectivity index (χ0) is 10.8. The molecule has 0 radical (unpaired) electrons. The van der Waals surface area contributed by atoms with Gasteiger partial charge in [0.15, 0.2) is 0 Å². The van der Waals surface area contributed by atoms with E-state index in [1.54, 1.807) is 0 Å². The molecule has 0 atom stereocenters. The molecule has 0 aromatic carbocycles. The van der Waals surface area contributed by atoms with Crippen molar-refractivity contribution in [1.82, 2.24) is 4.98 Å². The fourth-order valence-electron chi connectivity index (χ4n) is 1.07. The number of halogens is 3. The van der Waals surface area contributed by atoms with E-state index in [4.69, 9.17) is 5.73 Å². The van der Waals surface area contributed by atoms with E-state index in [0.29, 0.717) is 0 Å². The number of rotatable bonds is 3. The lowest BCUT2D eigenvalue weighted by molar-refractivity contribution is 0.0995. The minimum absolute atomic E-state index is 0.174. The molecule has 1 aromatic rings. The topological polar surface area (TPSA) is 56.0 Å². The Morgan fingerprint density at radius 3 is 2.64 bits per heavy atom. The van der Waals surface area contributed by atoms with Crippen LogP contribution in [-0.2, 0) is 6.32 Å². The lowest BCUT2D eigenvalue weighted by atomic mass is 9.81. The number of aromatic nitrogens is 1. The van der Waals surface area contributed by atoms with E-state index in [1.807, 2.05) is 0 Å². The van der Waals surface area contributed by atoms with Crippen LogP contribution in [-0.4, -0.2) is 17.9 Å². The lowest BCUT2D eigenvalue weighted by Crippen LogP contribution is -2.23. The Morgan fingerprint density at radius 1 is 1.50 bits per heavy atom. The summed E-state index contributed by atoms with van der Waals surface area (Å²) in [7, 11) is 0. The molecular weight excluding hydrogens is 196 g/mol. The van der Waals surface area contributed by atoms with E-state index in [-0.39, 0.29) is 11.3 Å². The highest BCUT2D eigenvalue weighted by Crippen LogP contribution is 2.17. The van der Waals surface area contributed by atoms with Crippen LogP contribution in [0.1, 0.15) is 16.1 Å². The Hall–Kier alpha value is -1.53. The minimum Gasteiger partial charge on any atom is -0.449 e. The number of pyridine rings is 1. The number of amides is 1. The first-order valence-electron chi connectivity index (χ1n) is 3.85. The van der Waals surface area contributed by atoms with Crippen LogP contribution >= 0.6 is 0 Å². The van der Waals surface area contributed by atoms with Crippen molar-refractivity contribution < 1.29 is 17.7 Å². The molecule has 1 rings (SSSR count). The number of carbonyl (C=O) groups is 1. The molecule has 3 nitrogen and oxygen atoms in total. The Balaban J connectivity index is 3.02. The zero-order valence-corrected chi connectivity index (χ0v) is 7.08. The van der Waals surface area contributed by atoms with Crippen molar-refractivity contribution in [3.8, 4) is 0 Å². The summed E-state index contributed by atoms with van der Waals surface area (Å²) >= 11 is 0. The first kappa shape index (κ1) is 10.6. The van der Waals surface area contributed by atoms with Gasteiger partial charge in [0.2, 0.25) is 0 Å². The fourth-order valence-corrected chi connectivity index (χ4v) is 1.07. The van der Waals surface area contributed by atoms with Gasteiger partial charge in [-0.1, -0.05) is 12.4 Å². The van der Waals surface area contributed by atoms with Gasteiger partial charge in [-0.2, -0.15) is 0 Å². The molecule has 0 aliphatic carbocycles. The van der Waals surface area contributed by atoms with E-state index in [9.17, 15) is 17.7 Å². The van der Waals surface area contributed by atoms with Gasteiger partial charge in [0.25, 0.3) is 5.91 Å². The van der Waals surface area contributed by atoms with E-state index >= 15 is 0 Å². The van der Waals surface area contributed by atoms with Gasteiger partial charge >= 0.3 is 6.98 Å². The van der Waals surface area contributed by atoms with Gasteiger partial charge in [-0.15, -0.1) is 0 Å². The quantitative estimate of drug-likeness (QED) is 0.748. The van der Waals surface area contributed by atoms with Crippen LogP contribution in [0.2, 0.25) is 0 Å². The van der Waals surface area contributed by atoms with Crippen LogP contribution in [0.5, 0.6) is 0 Å². The second kappa shape index (κ2) is 3.69. The molecule has 1 heterocycles. The van der Waals surface area contributed by atoms with Crippen LogP contribution < -0.4 is 5.73 Å². The third-order valence-electron chi connectivity index (χ3n) is 1.58. The summed E-state index contributed by atoms with van der Waals surface area (Å²) < 4.78 is 36.2. The van der Waals surface area contributed by atoms with Crippen LogP contribution in [0.4, 0.5) is 12.9 Å². The maximum Gasteiger partial charge on any atom is 0.482 e. The number of primary amides is 1. The minimum atomic E-state index is -4.98. The summed E-state index contributed by atoms with van der Waals surface area (Å²) in [6, 6.07) is 2.53. The van der Waals surface area contributed by atoms with E-state index < -0.39 is 19.2 Å². The number of nitrogens with zero attached hydrogens (tertiary/aromatic N) is 1. The monoisotopic (exact) mass is 203 g/mol. The Labute approximate surface area is 78.2 Å². The van der Waals surface area contributed by atoms with Crippen molar-refractivity contribution in [3.63, 3.8) is 0 Å². The molecule has 0 bridgehead atoms. The van der Waals surface area contributed by atoms with Gasteiger partial charge < -0.3 is 18.7 Å². The van der Waals surface area contributed by atoms with Crippen LogP contribution in [0.3, 0.4) is 0 Å². The van der Waals surface area contributed by atoms with Crippen molar-refractivity contribution in [2.45, 2.75) is 6.32 Å². The first-order valence-corrected chi connectivity index (χ1v) is 3.85. The molecule has 1 amide bonds. The highest BCUT2D eigenvalue weighted by molar-refractivity contribution is 6.58. The second-order valence-electron chi connectivity index (χ2n) is 2.79. The van der Waals surface area contributed by atoms with Crippen molar-refractivity contribution in [2.75, 3.05) is 0 Å². The molecular formula is C7H7BF3N2O-. The standard InChI is InChI=1S/C7H7BF3N2O/c9-8(10,11)4-5-2-1-3-13-6(5)7(12)14/h1-3H,4H2,(H2,12,14)/q-1. The zero-order valence-electron chi connectivity index (χ0n) is 7.08. The maximum absolute atomic E-state index is 12.1.